The summed E-state index contributed by atoms with van der Waals surface area (Å²) >= 11 is 12.5. The third-order valence-electron chi connectivity index (χ3n) is 2.27. The molecule has 0 saturated carbocycles. The van der Waals surface area contributed by atoms with E-state index in [1.54, 1.807) is 11.4 Å². The van der Waals surface area contributed by atoms with Gasteiger partial charge in [0.1, 0.15) is 22.6 Å². The number of nitrogens with one attached hydrogen (secondary N) is 1. The van der Waals surface area contributed by atoms with Crippen LogP contribution in [0.4, 0.5) is 5.00 Å². The van der Waals surface area contributed by atoms with Crippen LogP contribution in [0.2, 0.25) is 10.0 Å². The normalized spacial score (nSPS) is 10.1. The number of nitriles is 1. The molecule has 2 aromatic heterocycles. The molecule has 0 aliphatic carbocycles. The van der Waals surface area contributed by atoms with E-state index in [1.165, 1.54) is 17.5 Å². The maximum Gasteiger partial charge on any atom is 0.287 e. The molecule has 0 radical (unpaired) electrons. The largest absolute Gasteiger partial charge is 0.315 e. The molecule has 2 rings (SSSR count). The lowest BCUT2D eigenvalue weighted by molar-refractivity contribution is -0.117. The highest BCUT2D eigenvalue weighted by Crippen LogP contribution is 2.22. The maximum atomic E-state index is 11.8. The van der Waals surface area contributed by atoms with Crippen LogP contribution in [0.1, 0.15) is 5.56 Å². The molecule has 2 aromatic rings. The van der Waals surface area contributed by atoms with Gasteiger partial charge in [-0.1, -0.05) is 23.2 Å². The molecule has 0 aromatic carbocycles. The summed E-state index contributed by atoms with van der Waals surface area (Å²) < 4.78 is 0.892. The Morgan fingerprint density at radius 2 is 2.30 bits per heavy atom. The van der Waals surface area contributed by atoms with E-state index in [0.29, 0.717) is 10.6 Å². The van der Waals surface area contributed by atoms with E-state index in [9.17, 15) is 9.59 Å². The topological polar surface area (TPSA) is 87.8 Å². The molecular weight excluding hydrogens is 323 g/mol. The second kappa shape index (κ2) is 6.05. The summed E-state index contributed by atoms with van der Waals surface area (Å²) in [6, 6.07) is 3.53. The molecule has 0 atom stereocenters. The van der Waals surface area contributed by atoms with Crippen LogP contribution in [0, 0.1) is 11.3 Å². The number of amides is 1. The van der Waals surface area contributed by atoms with Gasteiger partial charge in [0.25, 0.3) is 5.56 Å². The first-order valence-corrected chi connectivity index (χ1v) is 6.85. The number of carbonyl (C=O) groups is 1. The summed E-state index contributed by atoms with van der Waals surface area (Å²) in [5, 5.41) is 17.0. The van der Waals surface area contributed by atoms with Crippen molar-refractivity contribution in [2.24, 2.45) is 0 Å². The van der Waals surface area contributed by atoms with Crippen molar-refractivity contribution < 1.29 is 4.79 Å². The summed E-state index contributed by atoms with van der Waals surface area (Å²) in [7, 11) is 0. The van der Waals surface area contributed by atoms with Crippen LogP contribution in [0.3, 0.4) is 0 Å². The SMILES string of the molecule is N#Cc1ccsc1NC(=O)Cn1ncc(Cl)c(Cl)c1=O. The highest BCUT2D eigenvalue weighted by molar-refractivity contribution is 7.14. The van der Waals surface area contributed by atoms with Crippen LogP contribution in [0.15, 0.2) is 22.4 Å². The number of nitrogens with zero attached hydrogens (tertiary/aromatic N) is 3. The molecule has 102 valence electrons. The standard InChI is InChI=1S/C11H6Cl2N4O2S/c12-7-4-15-17(11(19)9(7)13)5-8(18)16-10-6(3-14)1-2-20-10/h1-2,4H,5H2,(H,16,18). The van der Waals surface area contributed by atoms with Crippen molar-refractivity contribution in [3.63, 3.8) is 0 Å². The first-order valence-electron chi connectivity index (χ1n) is 5.21. The smallest absolute Gasteiger partial charge is 0.287 e. The molecule has 9 heteroatoms. The number of thiophene rings is 1. The van der Waals surface area contributed by atoms with E-state index in [2.05, 4.69) is 10.4 Å². The summed E-state index contributed by atoms with van der Waals surface area (Å²) in [5.41, 5.74) is -0.293. The summed E-state index contributed by atoms with van der Waals surface area (Å²) in [6.07, 6.45) is 1.18. The number of hydrogen-bond acceptors (Lipinski definition) is 5. The zero-order chi connectivity index (χ0) is 14.7. The van der Waals surface area contributed by atoms with Gasteiger partial charge in [0.05, 0.1) is 16.8 Å². The van der Waals surface area contributed by atoms with Crippen LogP contribution in [-0.4, -0.2) is 15.7 Å². The van der Waals surface area contributed by atoms with Crippen LogP contribution in [-0.2, 0) is 11.3 Å². The van der Waals surface area contributed by atoms with Crippen LogP contribution in [0.25, 0.3) is 0 Å². The molecule has 0 spiro atoms. The molecule has 0 aliphatic rings. The molecule has 0 unspecified atom stereocenters. The first-order chi connectivity index (χ1) is 9.52. The van der Waals surface area contributed by atoms with E-state index in [0.717, 1.165) is 4.68 Å². The second-order valence-electron chi connectivity index (χ2n) is 3.59. The van der Waals surface area contributed by atoms with Crippen LogP contribution < -0.4 is 10.9 Å². The Kier molecular flexibility index (Phi) is 4.39. The molecule has 0 saturated heterocycles. The van der Waals surface area contributed by atoms with Crippen molar-refractivity contribution >= 4 is 45.4 Å². The van der Waals surface area contributed by atoms with Crippen molar-refractivity contribution in [1.82, 2.24) is 9.78 Å². The average Bonchev–Trinajstić information content (AvgIpc) is 2.86. The minimum atomic E-state index is -0.652. The molecule has 6 nitrogen and oxygen atoms in total. The monoisotopic (exact) mass is 328 g/mol. The third-order valence-corrected chi connectivity index (χ3v) is 3.85. The number of hydrogen-bond donors (Lipinski definition) is 1. The summed E-state index contributed by atoms with van der Waals surface area (Å²) in [6.45, 7) is -0.321. The molecule has 0 bridgehead atoms. The zero-order valence-electron chi connectivity index (χ0n) is 9.76. The quantitative estimate of drug-likeness (QED) is 0.934. The van der Waals surface area contributed by atoms with Gasteiger partial charge in [-0.15, -0.1) is 11.3 Å². The summed E-state index contributed by atoms with van der Waals surface area (Å²) in [5.74, 6) is -0.489. The molecular formula is C11H6Cl2N4O2S. The van der Waals surface area contributed by atoms with Crippen LogP contribution >= 0.6 is 34.5 Å². The molecule has 1 N–H and O–H groups in total. The Labute approximate surface area is 127 Å². The Morgan fingerprint density at radius 3 is 3.00 bits per heavy atom. The third kappa shape index (κ3) is 2.99. The van der Waals surface area contributed by atoms with Crippen molar-refractivity contribution in [2.45, 2.75) is 6.54 Å². The number of anilines is 1. The first kappa shape index (κ1) is 14.5. The predicted molar refractivity (Wildman–Crippen MR) is 76.2 cm³/mol. The van der Waals surface area contributed by atoms with Gasteiger partial charge in [0, 0.05) is 0 Å². The van der Waals surface area contributed by atoms with E-state index in [4.69, 9.17) is 28.5 Å². The highest BCUT2D eigenvalue weighted by atomic mass is 35.5. The minimum absolute atomic E-state index is 0.0262. The van der Waals surface area contributed by atoms with Crippen molar-refractivity contribution in [2.75, 3.05) is 5.32 Å². The summed E-state index contributed by atoms with van der Waals surface area (Å²) in [4.78, 5) is 23.5. The Morgan fingerprint density at radius 1 is 1.55 bits per heavy atom. The fourth-order valence-electron chi connectivity index (χ4n) is 1.35. The minimum Gasteiger partial charge on any atom is -0.315 e. The van der Waals surface area contributed by atoms with Crippen molar-refractivity contribution in [3.8, 4) is 6.07 Å². The Hall–Kier alpha value is -1.88. The number of rotatable bonds is 3. The Balaban J connectivity index is 2.16. The van der Waals surface area contributed by atoms with Gasteiger partial charge in [-0.25, -0.2) is 4.68 Å². The molecule has 20 heavy (non-hydrogen) atoms. The lowest BCUT2D eigenvalue weighted by atomic mass is 10.3. The van der Waals surface area contributed by atoms with Gasteiger partial charge < -0.3 is 5.32 Å². The number of halogens is 2. The van der Waals surface area contributed by atoms with E-state index < -0.39 is 11.5 Å². The second-order valence-corrected chi connectivity index (χ2v) is 5.29. The van der Waals surface area contributed by atoms with Gasteiger partial charge >= 0.3 is 0 Å². The van der Waals surface area contributed by atoms with E-state index >= 15 is 0 Å². The van der Waals surface area contributed by atoms with E-state index in [1.807, 2.05) is 6.07 Å². The predicted octanol–water partition coefficient (Wildman–Crippen LogP) is 2.12. The zero-order valence-corrected chi connectivity index (χ0v) is 12.1. The van der Waals surface area contributed by atoms with Gasteiger partial charge in [-0.05, 0) is 11.4 Å². The Bertz CT molecular complexity index is 763. The van der Waals surface area contributed by atoms with E-state index in [-0.39, 0.29) is 16.6 Å². The van der Waals surface area contributed by atoms with Gasteiger partial charge in [-0.2, -0.15) is 10.4 Å². The number of aromatic nitrogens is 2. The number of carbonyl (C=O) groups excluding carboxylic acids is 1. The molecule has 0 fully saturated rings. The molecule has 2 heterocycles. The fourth-order valence-corrected chi connectivity index (χ4v) is 2.38. The molecule has 0 aliphatic heterocycles. The lowest BCUT2D eigenvalue weighted by Crippen LogP contribution is -2.29. The lowest BCUT2D eigenvalue weighted by Gasteiger charge is -2.06. The highest BCUT2D eigenvalue weighted by Gasteiger charge is 2.12. The fraction of sp³-hybridized carbons (Fsp3) is 0.0909. The van der Waals surface area contributed by atoms with Crippen molar-refractivity contribution in [3.05, 3.63) is 43.6 Å². The van der Waals surface area contributed by atoms with Gasteiger partial charge in [-0.3, -0.25) is 9.59 Å². The van der Waals surface area contributed by atoms with Crippen LogP contribution in [0.5, 0.6) is 0 Å². The van der Waals surface area contributed by atoms with Gasteiger partial charge in [0.2, 0.25) is 5.91 Å². The molecule has 1 amide bonds. The average molecular weight is 329 g/mol. The maximum absolute atomic E-state index is 11.8. The van der Waals surface area contributed by atoms with Gasteiger partial charge in [0.15, 0.2) is 0 Å². The van der Waals surface area contributed by atoms with Crippen molar-refractivity contribution in [1.29, 1.82) is 5.26 Å².